The second-order valence-corrected chi connectivity index (χ2v) is 8.02. The van der Waals surface area contributed by atoms with Gasteiger partial charge in [0.25, 0.3) is 5.91 Å². The first-order valence-electron chi connectivity index (χ1n) is 6.68. The van der Waals surface area contributed by atoms with E-state index in [2.05, 4.69) is 4.99 Å². The molecule has 0 aliphatic carbocycles. The van der Waals surface area contributed by atoms with Crippen LogP contribution in [0.1, 0.15) is 10.6 Å². The van der Waals surface area contributed by atoms with Gasteiger partial charge in [0.1, 0.15) is 5.75 Å². The molecule has 1 heterocycles. The van der Waals surface area contributed by atoms with Crippen LogP contribution in [0.5, 0.6) is 0 Å². The summed E-state index contributed by atoms with van der Waals surface area (Å²) in [6, 6.07) is 7.47. The van der Waals surface area contributed by atoms with Gasteiger partial charge in [0.05, 0.1) is 17.0 Å². The summed E-state index contributed by atoms with van der Waals surface area (Å²) in [7, 11) is -3.84. The van der Waals surface area contributed by atoms with Gasteiger partial charge < -0.3 is 10.3 Å². The van der Waals surface area contributed by atoms with Gasteiger partial charge >= 0.3 is 5.97 Å². The molecule has 1 aromatic heterocycles. The maximum Gasteiger partial charge on any atom is 0.309 e. The zero-order chi connectivity index (χ0) is 17.9. The third-order valence-electron chi connectivity index (χ3n) is 3.04. The van der Waals surface area contributed by atoms with E-state index in [9.17, 15) is 23.2 Å². The maximum atomic E-state index is 12.1. The number of carbonyl (C=O) groups is 2. The molecule has 1 amide bonds. The first-order chi connectivity index (χ1) is 11.2. The van der Waals surface area contributed by atoms with Crippen molar-refractivity contribution in [2.24, 2.45) is 4.99 Å². The fourth-order valence-corrected chi connectivity index (χ4v) is 3.95. The van der Waals surface area contributed by atoms with Crippen LogP contribution in [0.15, 0.2) is 40.2 Å². The van der Waals surface area contributed by atoms with Gasteiger partial charge in [-0.05, 0) is 19.1 Å². The Hall–Kier alpha value is -2.46. The summed E-state index contributed by atoms with van der Waals surface area (Å²) in [6.07, 6.45) is -0.440. The average molecular weight is 370 g/mol. The van der Waals surface area contributed by atoms with Crippen molar-refractivity contribution in [2.75, 3.05) is 5.75 Å². The highest BCUT2D eigenvalue weighted by atomic mass is 32.2. The van der Waals surface area contributed by atoms with Crippen molar-refractivity contribution in [1.29, 1.82) is 0 Å². The summed E-state index contributed by atoms with van der Waals surface area (Å²) in [5, 5.41) is 18.7. The van der Waals surface area contributed by atoms with Crippen LogP contribution in [0.25, 0.3) is 0 Å². The number of nitrogens with zero attached hydrogens (tertiary/aromatic N) is 2. The van der Waals surface area contributed by atoms with Crippen molar-refractivity contribution >= 4 is 33.1 Å². The Bertz CT molecular complexity index is 941. The van der Waals surface area contributed by atoms with E-state index in [0.29, 0.717) is 9.61 Å². The first-order valence-corrected chi connectivity index (χ1v) is 9.15. The number of amides is 1. The van der Waals surface area contributed by atoms with E-state index in [4.69, 9.17) is 5.11 Å². The van der Waals surface area contributed by atoms with E-state index in [1.165, 1.54) is 24.3 Å². The van der Waals surface area contributed by atoms with Crippen molar-refractivity contribution in [3.63, 3.8) is 0 Å². The van der Waals surface area contributed by atoms with Crippen molar-refractivity contribution in [2.45, 2.75) is 18.2 Å². The minimum absolute atomic E-state index is 0.000601. The summed E-state index contributed by atoms with van der Waals surface area (Å²) in [5.74, 6) is -2.95. The van der Waals surface area contributed by atoms with Crippen molar-refractivity contribution in [1.82, 2.24) is 4.73 Å². The van der Waals surface area contributed by atoms with Crippen molar-refractivity contribution < 1.29 is 28.3 Å². The van der Waals surface area contributed by atoms with Gasteiger partial charge in [0, 0.05) is 4.88 Å². The lowest BCUT2D eigenvalue weighted by Gasteiger charge is -2.01. The van der Waals surface area contributed by atoms with Crippen LogP contribution >= 0.6 is 11.3 Å². The predicted molar refractivity (Wildman–Crippen MR) is 84.6 cm³/mol. The second-order valence-electron chi connectivity index (χ2n) is 4.85. The minimum Gasteiger partial charge on any atom is -0.481 e. The van der Waals surface area contributed by atoms with Gasteiger partial charge in [0.15, 0.2) is 9.84 Å². The van der Waals surface area contributed by atoms with E-state index in [1.54, 1.807) is 13.0 Å². The van der Waals surface area contributed by atoms with Crippen LogP contribution in [-0.4, -0.2) is 41.1 Å². The van der Waals surface area contributed by atoms with E-state index >= 15 is 0 Å². The van der Waals surface area contributed by atoms with Gasteiger partial charge in [-0.1, -0.05) is 29.5 Å². The largest absolute Gasteiger partial charge is 0.481 e. The molecule has 2 rings (SSSR count). The second kappa shape index (κ2) is 6.97. The molecule has 1 aromatic carbocycles. The van der Waals surface area contributed by atoms with Crippen molar-refractivity contribution in [3.05, 3.63) is 45.7 Å². The molecule has 0 saturated heterocycles. The molecule has 0 unspecified atom stereocenters. The Morgan fingerprint density at radius 2 is 1.88 bits per heavy atom. The molecule has 0 bridgehead atoms. The van der Waals surface area contributed by atoms with E-state index in [1.807, 2.05) is 0 Å². The van der Waals surface area contributed by atoms with Crippen LogP contribution in [0.2, 0.25) is 0 Å². The number of aliphatic carboxylic acids is 1. The highest BCUT2D eigenvalue weighted by Crippen LogP contribution is 2.12. The normalized spacial score (nSPS) is 12.3. The number of benzene rings is 1. The monoisotopic (exact) mass is 370 g/mol. The quantitative estimate of drug-likeness (QED) is 0.743. The number of thiazole rings is 1. The molecule has 24 heavy (non-hydrogen) atoms. The van der Waals surface area contributed by atoms with Gasteiger partial charge in [0.2, 0.25) is 4.80 Å². The van der Waals surface area contributed by atoms with E-state index in [-0.39, 0.29) is 15.4 Å². The van der Waals surface area contributed by atoms with E-state index in [0.717, 1.165) is 11.3 Å². The Morgan fingerprint density at radius 3 is 2.46 bits per heavy atom. The molecule has 8 nitrogen and oxygen atoms in total. The molecule has 10 heteroatoms. The molecule has 2 N–H and O–H groups in total. The smallest absolute Gasteiger partial charge is 0.309 e. The first kappa shape index (κ1) is 17.9. The standard InChI is InChI=1S/C14H14N2O6S2/c1-9-11(7-13(18)19)16(20)14(23-9)15-12(17)8-24(21,22)10-5-3-2-4-6-10/h2-6,20H,7-8H2,1H3,(H,18,19). The van der Waals surface area contributed by atoms with Crippen LogP contribution in [-0.2, 0) is 25.8 Å². The number of rotatable bonds is 5. The lowest BCUT2D eigenvalue weighted by Crippen LogP contribution is -2.21. The van der Waals surface area contributed by atoms with Crippen molar-refractivity contribution in [3.8, 4) is 0 Å². The van der Waals surface area contributed by atoms with E-state index < -0.39 is 33.9 Å². The highest BCUT2D eigenvalue weighted by molar-refractivity contribution is 7.92. The fraction of sp³-hybridized carbons (Fsp3) is 0.214. The highest BCUT2D eigenvalue weighted by Gasteiger charge is 2.20. The Kier molecular flexibility index (Phi) is 5.20. The molecular weight excluding hydrogens is 356 g/mol. The summed E-state index contributed by atoms with van der Waals surface area (Å²) in [4.78, 5) is 26.5. The van der Waals surface area contributed by atoms with Crippen LogP contribution in [0, 0.1) is 6.92 Å². The number of carboxylic acids is 1. The number of sulfone groups is 1. The zero-order valence-electron chi connectivity index (χ0n) is 12.5. The number of hydrogen-bond acceptors (Lipinski definition) is 6. The maximum absolute atomic E-state index is 12.1. The van der Waals surface area contributed by atoms with Crippen LogP contribution < -0.4 is 4.80 Å². The number of aryl methyl sites for hydroxylation is 1. The Labute approximate surface area is 141 Å². The molecule has 128 valence electrons. The Morgan fingerprint density at radius 1 is 1.25 bits per heavy atom. The number of carbonyl (C=O) groups excluding carboxylic acids is 1. The molecule has 0 saturated carbocycles. The average Bonchev–Trinajstić information content (AvgIpc) is 2.74. The van der Waals surface area contributed by atoms with Gasteiger partial charge in [-0.25, -0.2) is 8.42 Å². The van der Waals surface area contributed by atoms with Gasteiger partial charge in [-0.3, -0.25) is 9.59 Å². The number of aromatic nitrogens is 1. The third kappa shape index (κ3) is 4.09. The molecule has 0 aliphatic rings. The lowest BCUT2D eigenvalue weighted by molar-refractivity contribution is -0.136. The molecule has 2 aromatic rings. The van der Waals surface area contributed by atoms with Crippen LogP contribution in [0.3, 0.4) is 0 Å². The summed E-state index contributed by atoms with van der Waals surface area (Å²) in [5.41, 5.74) is 0.0879. The SMILES string of the molecule is Cc1sc(=NC(=O)CS(=O)(=O)c2ccccc2)n(O)c1CC(=O)O. The summed E-state index contributed by atoms with van der Waals surface area (Å²) < 4.78 is 24.7. The lowest BCUT2D eigenvalue weighted by atomic mass is 10.3. The number of carboxylic acid groups (broad SMARTS) is 1. The summed E-state index contributed by atoms with van der Waals surface area (Å²) >= 11 is 0.900. The van der Waals surface area contributed by atoms with Gasteiger partial charge in [-0.15, -0.1) is 0 Å². The minimum atomic E-state index is -3.84. The Balaban J connectivity index is 2.29. The van der Waals surface area contributed by atoms with Crippen LogP contribution in [0.4, 0.5) is 0 Å². The summed E-state index contributed by atoms with van der Waals surface area (Å²) in [6.45, 7) is 1.57. The molecule has 0 aliphatic heterocycles. The van der Waals surface area contributed by atoms with Gasteiger partial charge in [-0.2, -0.15) is 9.72 Å². The topological polar surface area (TPSA) is 126 Å². The molecule has 0 radical (unpaired) electrons. The third-order valence-corrected chi connectivity index (χ3v) is 5.65. The molecular formula is C14H14N2O6S2. The molecule has 0 spiro atoms. The number of hydrogen-bond donors (Lipinski definition) is 2. The molecule has 0 fully saturated rings. The predicted octanol–water partition coefficient (Wildman–Crippen LogP) is 0.624. The fourth-order valence-electron chi connectivity index (χ4n) is 1.93. The molecule has 0 atom stereocenters. The zero-order valence-corrected chi connectivity index (χ0v) is 14.2.